The molecule has 0 radical (unpaired) electrons. The Morgan fingerprint density at radius 2 is 1.73 bits per heavy atom. The number of rotatable bonds is 8. The van der Waals surface area contributed by atoms with Gasteiger partial charge in [0.1, 0.15) is 18.7 Å². The Morgan fingerprint density at radius 1 is 1.04 bits per heavy atom. The van der Waals surface area contributed by atoms with Gasteiger partial charge < -0.3 is 14.4 Å². The molecule has 1 atom stereocenters. The third-order valence-electron chi connectivity index (χ3n) is 3.91. The molecule has 0 aliphatic heterocycles. The molecule has 1 aromatic heterocycles. The highest BCUT2D eigenvalue weighted by Crippen LogP contribution is 2.23. The molecular formula is C20H23N3O2S. The van der Waals surface area contributed by atoms with E-state index in [1.54, 1.807) is 6.33 Å². The molecule has 1 heterocycles. The first-order valence-corrected chi connectivity index (χ1v) is 9.60. The summed E-state index contributed by atoms with van der Waals surface area (Å²) < 4.78 is 7.69. The van der Waals surface area contributed by atoms with Gasteiger partial charge in [0.15, 0.2) is 5.16 Å². The van der Waals surface area contributed by atoms with Crippen molar-refractivity contribution in [1.29, 1.82) is 0 Å². The number of hydrogen-bond acceptors (Lipinski definition) is 5. The van der Waals surface area contributed by atoms with E-state index in [1.165, 1.54) is 17.3 Å². The zero-order valence-electron chi connectivity index (χ0n) is 14.9. The molecular weight excluding hydrogens is 346 g/mol. The lowest BCUT2D eigenvalue weighted by Crippen LogP contribution is -2.20. The van der Waals surface area contributed by atoms with Crippen molar-refractivity contribution in [2.75, 3.05) is 12.4 Å². The van der Waals surface area contributed by atoms with Crippen LogP contribution in [0.5, 0.6) is 5.75 Å². The van der Waals surface area contributed by atoms with Crippen molar-refractivity contribution in [2.45, 2.75) is 31.1 Å². The van der Waals surface area contributed by atoms with Gasteiger partial charge in [-0.3, -0.25) is 0 Å². The van der Waals surface area contributed by atoms with Gasteiger partial charge in [-0.1, -0.05) is 54.2 Å². The minimum atomic E-state index is -0.578. The average Bonchev–Trinajstić information content (AvgIpc) is 3.15. The van der Waals surface area contributed by atoms with Crippen LogP contribution in [-0.4, -0.2) is 38.3 Å². The molecule has 3 aromatic rings. The van der Waals surface area contributed by atoms with E-state index in [-0.39, 0.29) is 6.61 Å². The van der Waals surface area contributed by atoms with E-state index in [4.69, 9.17) is 4.74 Å². The summed E-state index contributed by atoms with van der Waals surface area (Å²) in [5, 5.41) is 19.0. The molecule has 0 saturated heterocycles. The summed E-state index contributed by atoms with van der Waals surface area (Å²) >= 11 is 1.48. The smallest absolute Gasteiger partial charge is 0.191 e. The molecule has 0 bridgehead atoms. The molecule has 0 fully saturated rings. The summed E-state index contributed by atoms with van der Waals surface area (Å²) in [5.41, 5.74) is 2.31. The monoisotopic (exact) mass is 369 g/mol. The topological polar surface area (TPSA) is 60.2 Å². The second kappa shape index (κ2) is 8.87. The number of thioether (sulfide) groups is 1. The molecule has 0 aliphatic carbocycles. The number of nitrogens with zero attached hydrogens (tertiary/aromatic N) is 3. The van der Waals surface area contributed by atoms with E-state index in [1.807, 2.05) is 47.0 Å². The van der Waals surface area contributed by atoms with Crippen LogP contribution in [0.25, 0.3) is 11.1 Å². The minimum absolute atomic E-state index is 0.244. The summed E-state index contributed by atoms with van der Waals surface area (Å²) in [6.45, 7) is 4.39. The van der Waals surface area contributed by atoms with Crippen LogP contribution in [0.1, 0.15) is 19.9 Å². The molecule has 1 unspecified atom stereocenters. The summed E-state index contributed by atoms with van der Waals surface area (Å²) in [7, 11) is 0. The maximum absolute atomic E-state index is 10.2. The average molecular weight is 369 g/mol. The van der Waals surface area contributed by atoms with Crippen molar-refractivity contribution >= 4 is 11.8 Å². The van der Waals surface area contributed by atoms with Gasteiger partial charge in [0, 0.05) is 11.8 Å². The van der Waals surface area contributed by atoms with E-state index < -0.39 is 6.10 Å². The van der Waals surface area contributed by atoms with Crippen LogP contribution < -0.4 is 4.74 Å². The van der Waals surface area contributed by atoms with Crippen LogP contribution >= 0.6 is 11.8 Å². The quantitative estimate of drug-likeness (QED) is 0.607. The van der Waals surface area contributed by atoms with Crippen molar-refractivity contribution < 1.29 is 9.84 Å². The van der Waals surface area contributed by atoms with Gasteiger partial charge in [0.25, 0.3) is 0 Å². The second-order valence-electron chi connectivity index (χ2n) is 6.28. The first-order valence-electron chi connectivity index (χ1n) is 8.62. The minimum Gasteiger partial charge on any atom is -0.491 e. The number of hydrogen-bond donors (Lipinski definition) is 1. The predicted octanol–water partition coefficient (Wildman–Crippen LogP) is 4.06. The Bertz CT molecular complexity index is 803. The molecule has 5 nitrogen and oxygen atoms in total. The third kappa shape index (κ3) is 4.86. The lowest BCUT2D eigenvalue weighted by atomic mass is 10.1. The summed E-state index contributed by atoms with van der Waals surface area (Å²) in [6.07, 6.45) is 1.13. The van der Waals surface area contributed by atoms with Gasteiger partial charge in [0.2, 0.25) is 0 Å². The molecule has 0 saturated carbocycles. The first-order chi connectivity index (χ1) is 12.6. The molecule has 0 spiro atoms. The number of aliphatic hydroxyl groups is 1. The summed E-state index contributed by atoms with van der Waals surface area (Å²) in [5.74, 6) is 1.26. The lowest BCUT2D eigenvalue weighted by molar-refractivity contribution is 0.126. The maximum atomic E-state index is 10.2. The zero-order valence-corrected chi connectivity index (χ0v) is 15.8. The normalized spacial score (nSPS) is 12.3. The molecule has 0 amide bonds. The molecule has 26 heavy (non-hydrogen) atoms. The van der Waals surface area contributed by atoms with Gasteiger partial charge in [-0.15, -0.1) is 10.2 Å². The highest BCUT2D eigenvalue weighted by Gasteiger charge is 2.12. The van der Waals surface area contributed by atoms with E-state index in [0.717, 1.165) is 16.5 Å². The highest BCUT2D eigenvalue weighted by atomic mass is 32.2. The van der Waals surface area contributed by atoms with Crippen molar-refractivity contribution in [3.8, 4) is 16.9 Å². The molecule has 0 aliphatic rings. The fourth-order valence-corrected chi connectivity index (χ4v) is 3.42. The van der Waals surface area contributed by atoms with Crippen LogP contribution in [0.15, 0.2) is 66.1 Å². The van der Waals surface area contributed by atoms with E-state index in [2.05, 4.69) is 36.2 Å². The largest absolute Gasteiger partial charge is 0.491 e. The Hall–Kier alpha value is -2.31. The predicted molar refractivity (Wildman–Crippen MR) is 105 cm³/mol. The summed E-state index contributed by atoms with van der Waals surface area (Å²) in [6, 6.07) is 18.4. The molecule has 2 aromatic carbocycles. The van der Waals surface area contributed by atoms with E-state index >= 15 is 0 Å². The van der Waals surface area contributed by atoms with Crippen LogP contribution in [-0.2, 0) is 0 Å². The summed E-state index contributed by atoms with van der Waals surface area (Å²) in [4.78, 5) is 0. The Labute approximate surface area is 158 Å². The molecule has 6 heteroatoms. The highest BCUT2D eigenvalue weighted by molar-refractivity contribution is 7.99. The van der Waals surface area contributed by atoms with E-state index in [9.17, 15) is 5.11 Å². The molecule has 1 N–H and O–H groups in total. The van der Waals surface area contributed by atoms with Crippen LogP contribution in [0, 0.1) is 0 Å². The Balaban J connectivity index is 1.48. The van der Waals surface area contributed by atoms with Crippen molar-refractivity contribution in [3.05, 3.63) is 60.9 Å². The Morgan fingerprint density at radius 3 is 2.42 bits per heavy atom. The third-order valence-corrected chi connectivity index (χ3v) is 5.01. The first kappa shape index (κ1) is 18.5. The van der Waals surface area contributed by atoms with Crippen molar-refractivity contribution in [1.82, 2.24) is 14.8 Å². The SMILES string of the molecule is CC(C)n1cnnc1SCC(O)COc1ccc(-c2ccccc2)cc1. The number of aromatic nitrogens is 3. The van der Waals surface area contributed by atoms with Crippen molar-refractivity contribution in [3.63, 3.8) is 0 Å². The number of benzene rings is 2. The standard InChI is InChI=1S/C20H23N3O2S/c1-15(2)23-14-21-22-20(23)26-13-18(24)12-25-19-10-8-17(9-11-19)16-6-4-3-5-7-16/h3-11,14-15,18,24H,12-13H2,1-2H3. The van der Waals surface area contributed by atoms with Gasteiger partial charge in [-0.2, -0.15) is 0 Å². The fraction of sp³-hybridized carbons (Fsp3) is 0.300. The number of ether oxygens (including phenoxy) is 1. The zero-order chi connectivity index (χ0) is 18.4. The maximum Gasteiger partial charge on any atom is 0.191 e. The van der Waals surface area contributed by atoms with Crippen LogP contribution in [0.3, 0.4) is 0 Å². The van der Waals surface area contributed by atoms with Gasteiger partial charge in [0.05, 0.1) is 6.10 Å². The Kier molecular flexibility index (Phi) is 6.30. The lowest BCUT2D eigenvalue weighted by Gasteiger charge is -2.13. The number of aliphatic hydroxyl groups excluding tert-OH is 1. The fourth-order valence-electron chi connectivity index (χ4n) is 2.47. The van der Waals surface area contributed by atoms with E-state index in [0.29, 0.717) is 11.8 Å². The van der Waals surface area contributed by atoms with Crippen LogP contribution in [0.2, 0.25) is 0 Å². The molecule has 136 valence electrons. The van der Waals surface area contributed by atoms with Crippen molar-refractivity contribution in [2.24, 2.45) is 0 Å². The van der Waals surface area contributed by atoms with Crippen LogP contribution in [0.4, 0.5) is 0 Å². The second-order valence-corrected chi connectivity index (χ2v) is 7.27. The van der Waals surface area contributed by atoms with Gasteiger partial charge in [-0.05, 0) is 37.1 Å². The van der Waals surface area contributed by atoms with Gasteiger partial charge in [-0.25, -0.2) is 0 Å². The van der Waals surface area contributed by atoms with Gasteiger partial charge >= 0.3 is 0 Å². The molecule has 3 rings (SSSR count).